The van der Waals surface area contributed by atoms with Gasteiger partial charge in [0.05, 0.1) is 4.90 Å². The maximum Gasteiger partial charge on any atom is 0.247 e. The van der Waals surface area contributed by atoms with Crippen LogP contribution in [-0.4, -0.2) is 58.0 Å². The van der Waals surface area contributed by atoms with Crippen LogP contribution >= 0.6 is 12.4 Å². The molecule has 0 bridgehead atoms. The highest BCUT2D eigenvalue weighted by Crippen LogP contribution is 2.34. The summed E-state index contributed by atoms with van der Waals surface area (Å²) in [5, 5.41) is 0. The van der Waals surface area contributed by atoms with E-state index in [0.717, 1.165) is 5.56 Å². The van der Waals surface area contributed by atoms with E-state index in [1.807, 2.05) is 0 Å². The van der Waals surface area contributed by atoms with Crippen molar-refractivity contribution in [2.24, 2.45) is 5.73 Å². The smallest absolute Gasteiger partial charge is 0.247 e. The molecule has 0 atom stereocenters. The van der Waals surface area contributed by atoms with Gasteiger partial charge in [0.1, 0.15) is 5.54 Å². The molecule has 0 spiro atoms. The number of nitrogens with zero attached hydrogens (tertiary/aromatic N) is 2. The van der Waals surface area contributed by atoms with Gasteiger partial charge >= 0.3 is 0 Å². The molecule has 0 saturated carbocycles. The molecule has 9 heteroatoms. The normalized spacial score (nSPS) is 19.4. The van der Waals surface area contributed by atoms with E-state index in [2.05, 4.69) is 0 Å². The molecule has 2 aliphatic rings. The van der Waals surface area contributed by atoms with Crippen molar-refractivity contribution in [2.45, 2.75) is 29.7 Å². The van der Waals surface area contributed by atoms with Crippen molar-refractivity contribution in [1.29, 1.82) is 0 Å². The summed E-state index contributed by atoms with van der Waals surface area (Å²) in [4.78, 5) is 14.8. The topological polar surface area (TPSA) is 92.9 Å². The van der Waals surface area contributed by atoms with Crippen LogP contribution in [0.4, 0.5) is 5.69 Å². The zero-order chi connectivity index (χ0) is 17.5. The van der Waals surface area contributed by atoms with Crippen LogP contribution in [0, 0.1) is 0 Å². The number of carbonyl (C=O) groups is 1. The summed E-state index contributed by atoms with van der Waals surface area (Å²) in [5.74, 6) is -0.149. The van der Waals surface area contributed by atoms with Gasteiger partial charge in [-0.1, -0.05) is 6.07 Å². The predicted octanol–water partition coefficient (Wildman–Crippen LogP) is 0.756. The van der Waals surface area contributed by atoms with Gasteiger partial charge in [0.15, 0.2) is 0 Å². The number of carbonyl (C=O) groups excluding carboxylic acids is 1. The largest absolute Gasteiger partial charge is 0.381 e. The second-order valence-corrected chi connectivity index (χ2v) is 8.71. The first-order chi connectivity index (χ1) is 11.3. The maximum atomic E-state index is 13.0. The van der Waals surface area contributed by atoms with Crippen molar-refractivity contribution in [2.75, 3.05) is 38.8 Å². The van der Waals surface area contributed by atoms with Crippen molar-refractivity contribution in [3.05, 3.63) is 23.8 Å². The van der Waals surface area contributed by atoms with Gasteiger partial charge in [-0.05, 0) is 37.0 Å². The minimum atomic E-state index is -3.54. The molecular weight excluding hydrogens is 366 g/mol. The Morgan fingerprint density at radius 1 is 1.28 bits per heavy atom. The number of ether oxygens (including phenoxy) is 1. The van der Waals surface area contributed by atoms with Gasteiger partial charge in [0.2, 0.25) is 15.9 Å². The second-order valence-electron chi connectivity index (χ2n) is 6.55. The third-order valence-corrected chi connectivity index (χ3v) is 6.60. The van der Waals surface area contributed by atoms with Crippen molar-refractivity contribution in [3.63, 3.8) is 0 Å². The van der Waals surface area contributed by atoms with Crippen LogP contribution in [0.2, 0.25) is 0 Å². The number of benzene rings is 1. The fraction of sp³-hybridized carbons (Fsp3) is 0.562. The van der Waals surface area contributed by atoms with Crippen LogP contribution in [0.3, 0.4) is 0 Å². The van der Waals surface area contributed by atoms with Crippen LogP contribution in [-0.2, 0) is 26.0 Å². The molecule has 1 saturated heterocycles. The summed E-state index contributed by atoms with van der Waals surface area (Å²) in [5.41, 5.74) is 7.00. The Kier molecular flexibility index (Phi) is 5.80. The number of anilines is 1. The van der Waals surface area contributed by atoms with Gasteiger partial charge in [0, 0.05) is 39.5 Å². The molecule has 1 aromatic rings. The van der Waals surface area contributed by atoms with Crippen LogP contribution < -0.4 is 10.6 Å². The third kappa shape index (κ3) is 3.54. The van der Waals surface area contributed by atoms with Crippen molar-refractivity contribution < 1.29 is 17.9 Å². The summed E-state index contributed by atoms with van der Waals surface area (Å²) < 4.78 is 31.2. The molecule has 140 valence electrons. The van der Waals surface area contributed by atoms with E-state index in [9.17, 15) is 13.2 Å². The predicted molar refractivity (Wildman–Crippen MR) is 97.6 cm³/mol. The first-order valence-electron chi connectivity index (χ1n) is 8.00. The summed E-state index contributed by atoms with van der Waals surface area (Å²) in [7, 11) is -0.567. The van der Waals surface area contributed by atoms with Crippen LogP contribution in [0.5, 0.6) is 0 Å². The average molecular weight is 390 g/mol. The van der Waals surface area contributed by atoms with Crippen LogP contribution in [0.25, 0.3) is 0 Å². The minimum Gasteiger partial charge on any atom is -0.381 e. The Balaban J connectivity index is 0.00000225. The second kappa shape index (κ2) is 7.20. The highest BCUT2D eigenvalue weighted by Gasteiger charge is 2.41. The zero-order valence-corrected chi connectivity index (χ0v) is 16.0. The number of halogens is 1. The Hall–Kier alpha value is -1.19. The number of rotatable bonds is 3. The lowest BCUT2D eigenvalue weighted by Gasteiger charge is -2.35. The highest BCUT2D eigenvalue weighted by molar-refractivity contribution is 7.89. The van der Waals surface area contributed by atoms with E-state index in [1.54, 1.807) is 23.1 Å². The van der Waals surface area contributed by atoms with Gasteiger partial charge in [-0.25, -0.2) is 12.7 Å². The van der Waals surface area contributed by atoms with Gasteiger partial charge < -0.3 is 15.4 Å². The van der Waals surface area contributed by atoms with E-state index < -0.39 is 15.6 Å². The molecule has 1 amide bonds. The summed E-state index contributed by atoms with van der Waals surface area (Å²) in [6.45, 7) is 1.47. The van der Waals surface area contributed by atoms with Crippen molar-refractivity contribution in [3.8, 4) is 0 Å². The lowest BCUT2D eigenvalue weighted by molar-refractivity contribution is -0.126. The van der Waals surface area contributed by atoms with Crippen molar-refractivity contribution in [1.82, 2.24) is 4.31 Å². The lowest BCUT2D eigenvalue weighted by atomic mass is 9.89. The maximum absolute atomic E-state index is 13.0. The molecule has 1 fully saturated rings. The Morgan fingerprint density at radius 2 is 1.92 bits per heavy atom. The van der Waals surface area contributed by atoms with E-state index >= 15 is 0 Å². The Morgan fingerprint density at radius 3 is 2.52 bits per heavy atom. The molecule has 2 N–H and O–H groups in total. The molecule has 2 aliphatic heterocycles. The monoisotopic (exact) mass is 389 g/mol. The summed E-state index contributed by atoms with van der Waals surface area (Å²) in [6, 6.07) is 4.96. The Bertz CT molecular complexity index is 761. The summed E-state index contributed by atoms with van der Waals surface area (Å²) >= 11 is 0. The molecule has 0 radical (unpaired) electrons. The summed E-state index contributed by atoms with van der Waals surface area (Å²) in [6.07, 6.45) is 1.66. The fourth-order valence-electron chi connectivity index (χ4n) is 3.16. The van der Waals surface area contributed by atoms with E-state index in [-0.39, 0.29) is 23.2 Å². The molecule has 0 unspecified atom stereocenters. The standard InChI is InChI=1S/C16H23N3O4S.ClH/c1-18(2)24(21,22)13-4-3-12-5-8-19(14(12)11-13)15(20)16(17)6-9-23-10-7-16;/h3-4,11H,5-10,17H2,1-2H3;1H. The molecule has 0 aliphatic carbocycles. The Labute approximate surface area is 154 Å². The quantitative estimate of drug-likeness (QED) is 0.823. The lowest BCUT2D eigenvalue weighted by Crippen LogP contribution is -2.58. The fourth-order valence-corrected chi connectivity index (χ4v) is 4.08. The van der Waals surface area contributed by atoms with Gasteiger partial charge in [-0.15, -0.1) is 12.4 Å². The number of fused-ring (bicyclic) bond motifs is 1. The number of hydrogen-bond acceptors (Lipinski definition) is 5. The van der Waals surface area contributed by atoms with Gasteiger partial charge in [0.25, 0.3) is 0 Å². The van der Waals surface area contributed by atoms with Crippen LogP contribution in [0.15, 0.2) is 23.1 Å². The first-order valence-corrected chi connectivity index (χ1v) is 9.44. The van der Waals surface area contributed by atoms with Gasteiger partial charge in [-0.2, -0.15) is 0 Å². The average Bonchev–Trinajstić information content (AvgIpc) is 2.97. The number of hydrogen-bond donors (Lipinski definition) is 1. The van der Waals surface area contributed by atoms with Gasteiger partial charge in [-0.3, -0.25) is 4.79 Å². The SMILES string of the molecule is CN(C)S(=O)(=O)c1ccc2c(c1)N(C(=O)C1(N)CCOCC1)CC2.Cl. The third-order valence-electron chi connectivity index (χ3n) is 4.79. The van der Waals surface area contributed by atoms with E-state index in [1.165, 1.54) is 18.4 Å². The number of nitrogens with two attached hydrogens (primary N) is 1. The molecule has 0 aromatic heterocycles. The van der Waals surface area contributed by atoms with E-state index in [0.29, 0.717) is 44.7 Å². The zero-order valence-electron chi connectivity index (χ0n) is 14.4. The molecule has 2 heterocycles. The van der Waals surface area contributed by atoms with E-state index in [4.69, 9.17) is 10.5 Å². The minimum absolute atomic E-state index is 0. The van der Waals surface area contributed by atoms with Crippen LogP contribution in [0.1, 0.15) is 18.4 Å². The first kappa shape index (κ1) is 20.1. The van der Waals surface area contributed by atoms with Crippen molar-refractivity contribution >= 4 is 34.0 Å². The molecular formula is C16H24ClN3O4S. The number of amides is 1. The molecule has 3 rings (SSSR count). The number of sulfonamides is 1. The molecule has 7 nitrogen and oxygen atoms in total. The molecule has 25 heavy (non-hydrogen) atoms. The molecule has 1 aromatic carbocycles. The highest BCUT2D eigenvalue weighted by atomic mass is 35.5.